The molecule has 1 aliphatic carbocycles. The minimum atomic E-state index is -4.94. The average molecular weight is 469 g/mol. The smallest absolute Gasteiger partial charge is 0.294 e. The number of carbonyl (C=O) groups is 1. The van der Waals surface area contributed by atoms with Gasteiger partial charge in [-0.15, -0.1) is 0 Å². The van der Waals surface area contributed by atoms with Crippen molar-refractivity contribution in [2.24, 2.45) is 5.92 Å². The van der Waals surface area contributed by atoms with Crippen LogP contribution in [0.1, 0.15) is 64.4 Å². The Morgan fingerprint density at radius 3 is 2.35 bits per heavy atom. The van der Waals surface area contributed by atoms with Crippen LogP contribution in [0.2, 0.25) is 0 Å². The van der Waals surface area contributed by atoms with Gasteiger partial charge < -0.3 is 0 Å². The van der Waals surface area contributed by atoms with E-state index in [1.807, 2.05) is 12.1 Å². The van der Waals surface area contributed by atoms with Crippen LogP contribution in [0.3, 0.4) is 0 Å². The Kier molecular flexibility index (Phi) is 6.92. The highest BCUT2D eigenvalue weighted by Crippen LogP contribution is 2.36. The molecule has 5 heteroatoms. The van der Waals surface area contributed by atoms with Gasteiger partial charge in [0.05, 0.1) is 0 Å². The zero-order valence-electron chi connectivity index (χ0n) is 19.4. The fourth-order valence-electron chi connectivity index (χ4n) is 4.95. The Morgan fingerprint density at radius 2 is 1.68 bits per heavy atom. The molecule has 0 bridgehead atoms. The maximum atomic E-state index is 14.2. The van der Waals surface area contributed by atoms with Gasteiger partial charge in [0.1, 0.15) is 11.4 Å². The molecule has 0 amide bonds. The van der Waals surface area contributed by atoms with Crippen LogP contribution in [0, 0.1) is 18.7 Å². The first-order valence-corrected chi connectivity index (χ1v) is 11.8. The maximum absolute atomic E-state index is 14.2. The topological polar surface area (TPSA) is 17.1 Å². The number of fused-ring (bicyclic) bond motifs is 1. The van der Waals surface area contributed by atoms with E-state index in [2.05, 4.69) is 25.1 Å². The van der Waals surface area contributed by atoms with E-state index in [-0.39, 0.29) is 12.0 Å². The summed E-state index contributed by atoms with van der Waals surface area (Å²) in [7, 11) is 0. The maximum Gasteiger partial charge on any atom is 0.419 e. The monoisotopic (exact) mass is 468 g/mol. The molecule has 0 heterocycles. The number of rotatable bonds is 6. The van der Waals surface area contributed by atoms with Crippen LogP contribution in [-0.4, -0.2) is 5.78 Å². The Morgan fingerprint density at radius 1 is 0.971 bits per heavy atom. The second kappa shape index (κ2) is 9.73. The second-order valence-corrected chi connectivity index (χ2v) is 9.29. The SMILES string of the molecule is CCCC1CCc2cc(-c3ccc(CC(=O)c4ccc(C)c(F)c4C(F)(F)F)cc3)ccc2C1. The molecule has 0 aromatic heterocycles. The molecule has 0 N–H and O–H groups in total. The Bertz CT molecular complexity index is 1190. The van der Waals surface area contributed by atoms with Crippen LogP contribution in [0.5, 0.6) is 0 Å². The third-order valence-electron chi connectivity index (χ3n) is 6.80. The van der Waals surface area contributed by atoms with E-state index in [0.29, 0.717) is 5.56 Å². The van der Waals surface area contributed by atoms with Crippen molar-refractivity contribution in [3.8, 4) is 11.1 Å². The fraction of sp³-hybridized carbons (Fsp3) is 0.345. The number of hydrogen-bond donors (Lipinski definition) is 0. The van der Waals surface area contributed by atoms with Gasteiger partial charge >= 0.3 is 6.18 Å². The molecule has 34 heavy (non-hydrogen) atoms. The van der Waals surface area contributed by atoms with Crippen molar-refractivity contribution in [1.29, 1.82) is 0 Å². The zero-order chi connectivity index (χ0) is 24.5. The van der Waals surface area contributed by atoms with Gasteiger partial charge in [0.2, 0.25) is 0 Å². The molecule has 1 atom stereocenters. The quantitative estimate of drug-likeness (QED) is 0.264. The predicted octanol–water partition coefficient (Wildman–Crippen LogP) is 8.15. The van der Waals surface area contributed by atoms with Gasteiger partial charge in [-0.2, -0.15) is 13.2 Å². The third kappa shape index (κ3) is 5.08. The number of halogens is 4. The van der Waals surface area contributed by atoms with Crippen molar-refractivity contribution in [1.82, 2.24) is 0 Å². The van der Waals surface area contributed by atoms with Crippen molar-refractivity contribution >= 4 is 5.78 Å². The van der Waals surface area contributed by atoms with E-state index in [1.54, 1.807) is 12.1 Å². The molecule has 0 saturated carbocycles. The van der Waals surface area contributed by atoms with E-state index in [9.17, 15) is 22.4 Å². The van der Waals surface area contributed by atoms with Gasteiger partial charge in [0.15, 0.2) is 5.78 Å². The lowest BCUT2D eigenvalue weighted by molar-refractivity contribution is -0.140. The largest absolute Gasteiger partial charge is 0.419 e. The fourth-order valence-corrected chi connectivity index (χ4v) is 4.95. The summed E-state index contributed by atoms with van der Waals surface area (Å²) in [6, 6.07) is 16.1. The van der Waals surface area contributed by atoms with Crippen LogP contribution in [-0.2, 0) is 25.4 Å². The highest BCUT2D eigenvalue weighted by atomic mass is 19.4. The molecule has 0 aliphatic heterocycles. The van der Waals surface area contributed by atoms with Gasteiger partial charge in [-0.25, -0.2) is 4.39 Å². The van der Waals surface area contributed by atoms with Crippen molar-refractivity contribution in [2.75, 3.05) is 0 Å². The molecule has 1 nitrogen and oxygen atoms in total. The van der Waals surface area contributed by atoms with Crippen LogP contribution in [0.25, 0.3) is 11.1 Å². The highest BCUT2D eigenvalue weighted by molar-refractivity contribution is 5.99. The minimum Gasteiger partial charge on any atom is -0.294 e. The molecular weight excluding hydrogens is 440 g/mol. The Balaban J connectivity index is 1.52. The summed E-state index contributed by atoms with van der Waals surface area (Å²) in [5, 5.41) is 0. The predicted molar refractivity (Wildman–Crippen MR) is 126 cm³/mol. The third-order valence-corrected chi connectivity index (χ3v) is 6.80. The summed E-state index contributed by atoms with van der Waals surface area (Å²) in [4.78, 5) is 12.7. The van der Waals surface area contributed by atoms with Gasteiger partial charge in [0.25, 0.3) is 0 Å². The Labute approximate surface area is 197 Å². The molecular formula is C29H28F4O. The van der Waals surface area contributed by atoms with Crippen molar-refractivity contribution in [3.05, 3.63) is 93.8 Å². The first-order chi connectivity index (χ1) is 16.2. The number of carbonyl (C=O) groups excluding carboxylic acids is 1. The Hall–Kier alpha value is -2.95. The van der Waals surface area contributed by atoms with Gasteiger partial charge in [-0.1, -0.05) is 74.4 Å². The molecule has 3 aromatic carbocycles. The lowest BCUT2D eigenvalue weighted by atomic mass is 9.81. The van der Waals surface area contributed by atoms with Gasteiger partial charge in [0, 0.05) is 12.0 Å². The number of benzene rings is 3. The number of hydrogen-bond acceptors (Lipinski definition) is 1. The lowest BCUT2D eigenvalue weighted by Gasteiger charge is -2.25. The summed E-state index contributed by atoms with van der Waals surface area (Å²) in [5.74, 6) is -1.38. The average Bonchev–Trinajstić information content (AvgIpc) is 2.80. The lowest BCUT2D eigenvalue weighted by Crippen LogP contribution is -2.17. The summed E-state index contributed by atoms with van der Waals surface area (Å²) < 4.78 is 54.5. The van der Waals surface area contributed by atoms with Crippen LogP contribution in [0.4, 0.5) is 17.6 Å². The number of alkyl halides is 3. The number of Topliss-reactive ketones (excluding diaryl/α,β-unsaturated/α-hetero) is 1. The van der Waals surface area contributed by atoms with Crippen LogP contribution >= 0.6 is 0 Å². The molecule has 3 aromatic rings. The molecule has 4 rings (SSSR count). The first kappa shape index (κ1) is 24.2. The van der Waals surface area contributed by atoms with Gasteiger partial charge in [-0.3, -0.25) is 4.79 Å². The van der Waals surface area contributed by atoms with Crippen molar-refractivity contribution in [2.45, 2.75) is 58.5 Å². The molecule has 0 fully saturated rings. The normalized spacial score (nSPS) is 15.8. The molecule has 0 spiro atoms. The summed E-state index contributed by atoms with van der Waals surface area (Å²) >= 11 is 0. The molecule has 0 radical (unpaired) electrons. The van der Waals surface area contributed by atoms with Crippen LogP contribution in [0.15, 0.2) is 54.6 Å². The molecule has 0 saturated heterocycles. The van der Waals surface area contributed by atoms with E-state index in [0.717, 1.165) is 36.0 Å². The van der Waals surface area contributed by atoms with E-state index in [1.165, 1.54) is 43.4 Å². The van der Waals surface area contributed by atoms with E-state index >= 15 is 0 Å². The summed E-state index contributed by atoms with van der Waals surface area (Å²) in [6.07, 6.45) is 0.733. The number of ketones is 1. The number of aryl methyl sites for hydroxylation is 2. The minimum absolute atomic E-state index is 0.140. The van der Waals surface area contributed by atoms with E-state index < -0.39 is 28.9 Å². The molecule has 1 aliphatic rings. The summed E-state index contributed by atoms with van der Waals surface area (Å²) in [6.45, 7) is 3.48. The standard InChI is InChI=1S/C29H28F4O/c1-3-4-19-8-11-24-17-23(13-12-22(24)15-19)21-9-6-20(7-10-21)16-26(34)25-14-5-18(2)28(30)27(25)29(31,32)33/h5-7,9-10,12-14,17,19H,3-4,8,11,15-16H2,1-2H3. The second-order valence-electron chi connectivity index (χ2n) is 9.29. The van der Waals surface area contributed by atoms with Crippen molar-refractivity contribution < 1.29 is 22.4 Å². The summed E-state index contributed by atoms with van der Waals surface area (Å²) in [5.41, 5.74) is 3.21. The van der Waals surface area contributed by atoms with Crippen LogP contribution < -0.4 is 0 Å². The highest BCUT2D eigenvalue weighted by Gasteiger charge is 2.39. The zero-order valence-corrected chi connectivity index (χ0v) is 19.4. The first-order valence-electron chi connectivity index (χ1n) is 11.8. The van der Waals surface area contributed by atoms with Gasteiger partial charge in [-0.05, 0) is 65.5 Å². The van der Waals surface area contributed by atoms with Crippen molar-refractivity contribution in [3.63, 3.8) is 0 Å². The molecule has 178 valence electrons. The molecule has 1 unspecified atom stereocenters. The van der Waals surface area contributed by atoms with E-state index in [4.69, 9.17) is 0 Å².